The molecule has 0 aliphatic carbocycles. The lowest BCUT2D eigenvalue weighted by molar-refractivity contribution is 0.0696. The zero-order valence-corrected chi connectivity index (χ0v) is 12.0. The molecular weight excluding hydrogens is 308 g/mol. The Bertz CT molecular complexity index is 608. The molecule has 19 heavy (non-hydrogen) atoms. The quantitative estimate of drug-likeness (QED) is 0.924. The number of ether oxygens (including phenoxy) is 1. The van der Waals surface area contributed by atoms with Crippen molar-refractivity contribution in [2.45, 2.75) is 13.5 Å². The van der Waals surface area contributed by atoms with Gasteiger partial charge in [-0.25, -0.2) is 4.79 Å². The van der Waals surface area contributed by atoms with Gasteiger partial charge < -0.3 is 9.84 Å². The van der Waals surface area contributed by atoms with Crippen molar-refractivity contribution in [1.82, 2.24) is 0 Å². The minimum Gasteiger partial charge on any atom is -0.489 e. The average molecular weight is 321 g/mol. The van der Waals surface area contributed by atoms with Gasteiger partial charge in [-0.15, -0.1) is 0 Å². The molecule has 0 heterocycles. The molecule has 0 fully saturated rings. The molecule has 1 N–H and O–H groups in total. The summed E-state index contributed by atoms with van der Waals surface area (Å²) < 4.78 is 6.67. The Morgan fingerprint density at radius 2 is 2.05 bits per heavy atom. The second-order valence-corrected chi connectivity index (χ2v) is 5.12. The van der Waals surface area contributed by atoms with E-state index < -0.39 is 5.97 Å². The number of hydrogen-bond acceptors (Lipinski definition) is 2. The zero-order chi connectivity index (χ0) is 13.8. The summed E-state index contributed by atoms with van der Waals surface area (Å²) in [6.07, 6.45) is 0. The molecule has 0 aromatic heterocycles. The van der Waals surface area contributed by atoms with Gasteiger partial charge in [0, 0.05) is 4.47 Å². The van der Waals surface area contributed by atoms with Crippen molar-refractivity contribution in [3.05, 3.63) is 63.6 Å². The third-order valence-corrected chi connectivity index (χ3v) is 3.21. The fourth-order valence-electron chi connectivity index (χ4n) is 1.68. The number of carbonyl (C=O) groups is 1. The Morgan fingerprint density at radius 1 is 1.26 bits per heavy atom. The Labute approximate surface area is 120 Å². The van der Waals surface area contributed by atoms with E-state index in [1.807, 2.05) is 31.2 Å². The first-order valence-electron chi connectivity index (χ1n) is 5.77. The van der Waals surface area contributed by atoms with Crippen LogP contribution < -0.4 is 4.74 Å². The number of rotatable bonds is 4. The highest BCUT2D eigenvalue weighted by molar-refractivity contribution is 9.10. The zero-order valence-electron chi connectivity index (χ0n) is 10.4. The molecule has 0 saturated carbocycles. The van der Waals surface area contributed by atoms with Gasteiger partial charge in [-0.05, 0) is 42.3 Å². The van der Waals surface area contributed by atoms with Crippen LogP contribution in [0.2, 0.25) is 0 Å². The number of carboxylic acids is 1. The van der Waals surface area contributed by atoms with Gasteiger partial charge in [0.15, 0.2) is 0 Å². The van der Waals surface area contributed by atoms with Crippen LogP contribution in [-0.2, 0) is 6.61 Å². The molecular formula is C15H13BrO3. The number of aryl methyl sites for hydroxylation is 1. The topological polar surface area (TPSA) is 46.5 Å². The Kier molecular flexibility index (Phi) is 4.22. The number of aromatic carboxylic acids is 1. The summed E-state index contributed by atoms with van der Waals surface area (Å²) in [7, 11) is 0. The van der Waals surface area contributed by atoms with Gasteiger partial charge in [0.05, 0.1) is 5.56 Å². The van der Waals surface area contributed by atoms with Crippen LogP contribution in [0.15, 0.2) is 46.9 Å². The van der Waals surface area contributed by atoms with Crippen molar-refractivity contribution in [2.75, 3.05) is 0 Å². The van der Waals surface area contributed by atoms with Crippen molar-refractivity contribution >= 4 is 21.9 Å². The minimum atomic E-state index is -0.930. The largest absolute Gasteiger partial charge is 0.489 e. The number of benzene rings is 2. The monoisotopic (exact) mass is 320 g/mol. The van der Waals surface area contributed by atoms with Crippen LogP contribution in [0.25, 0.3) is 0 Å². The second kappa shape index (κ2) is 5.89. The summed E-state index contributed by atoms with van der Waals surface area (Å²) in [5.74, 6) is -0.143. The maximum absolute atomic E-state index is 10.9. The van der Waals surface area contributed by atoms with E-state index in [-0.39, 0.29) is 5.56 Å². The smallest absolute Gasteiger partial charge is 0.335 e. The fraction of sp³-hybridized carbons (Fsp3) is 0.133. The third-order valence-electron chi connectivity index (χ3n) is 2.72. The van der Waals surface area contributed by atoms with Crippen LogP contribution in [0.5, 0.6) is 5.75 Å². The molecule has 2 aromatic carbocycles. The van der Waals surface area contributed by atoms with E-state index in [1.54, 1.807) is 18.2 Å². The van der Waals surface area contributed by atoms with Gasteiger partial charge in [-0.2, -0.15) is 0 Å². The molecule has 3 nitrogen and oxygen atoms in total. The van der Waals surface area contributed by atoms with Crippen LogP contribution in [0, 0.1) is 6.92 Å². The number of halogens is 1. The Balaban J connectivity index is 2.12. The molecule has 2 rings (SSSR count). The predicted octanol–water partition coefficient (Wildman–Crippen LogP) is 4.03. The summed E-state index contributed by atoms with van der Waals surface area (Å²) in [4.78, 5) is 10.9. The van der Waals surface area contributed by atoms with Gasteiger partial charge in [0.1, 0.15) is 12.4 Å². The molecule has 0 radical (unpaired) electrons. The second-order valence-electron chi connectivity index (χ2n) is 4.20. The highest BCUT2D eigenvalue weighted by Gasteiger charge is 2.05. The molecule has 0 aliphatic heterocycles. The molecule has 0 atom stereocenters. The van der Waals surface area contributed by atoms with Crippen molar-refractivity contribution in [2.24, 2.45) is 0 Å². The van der Waals surface area contributed by atoms with Crippen LogP contribution in [0.3, 0.4) is 0 Å². The van der Waals surface area contributed by atoms with Crippen molar-refractivity contribution in [1.29, 1.82) is 0 Å². The first-order valence-corrected chi connectivity index (χ1v) is 6.57. The average Bonchev–Trinajstić information content (AvgIpc) is 2.40. The van der Waals surface area contributed by atoms with E-state index in [9.17, 15) is 4.79 Å². The number of carboxylic acid groups (broad SMARTS) is 1. The first-order chi connectivity index (χ1) is 9.06. The summed E-state index contributed by atoms with van der Waals surface area (Å²) in [6.45, 7) is 2.31. The number of hydrogen-bond donors (Lipinski definition) is 1. The van der Waals surface area contributed by atoms with E-state index >= 15 is 0 Å². The molecule has 2 aromatic rings. The molecule has 0 spiro atoms. The molecule has 0 bridgehead atoms. The van der Waals surface area contributed by atoms with Gasteiger partial charge >= 0.3 is 5.97 Å². The molecule has 0 amide bonds. The van der Waals surface area contributed by atoms with E-state index in [0.717, 1.165) is 21.3 Å². The van der Waals surface area contributed by atoms with Gasteiger partial charge in [0.2, 0.25) is 0 Å². The van der Waals surface area contributed by atoms with Crippen LogP contribution in [0.4, 0.5) is 0 Å². The lowest BCUT2D eigenvalue weighted by atomic mass is 10.1. The summed E-state index contributed by atoms with van der Waals surface area (Å²) in [6, 6.07) is 12.6. The molecule has 98 valence electrons. The normalized spacial score (nSPS) is 10.2. The van der Waals surface area contributed by atoms with Gasteiger partial charge in [0.25, 0.3) is 0 Å². The van der Waals surface area contributed by atoms with Crippen molar-refractivity contribution in [3.63, 3.8) is 0 Å². The van der Waals surface area contributed by atoms with Crippen molar-refractivity contribution in [3.8, 4) is 5.75 Å². The maximum atomic E-state index is 10.9. The van der Waals surface area contributed by atoms with Crippen LogP contribution in [-0.4, -0.2) is 11.1 Å². The molecule has 4 heteroatoms. The van der Waals surface area contributed by atoms with Gasteiger partial charge in [-0.1, -0.05) is 34.1 Å². The fourth-order valence-corrected chi connectivity index (χ4v) is 2.02. The van der Waals surface area contributed by atoms with Crippen molar-refractivity contribution < 1.29 is 14.6 Å². The van der Waals surface area contributed by atoms with E-state index in [0.29, 0.717) is 6.61 Å². The molecule has 0 aliphatic rings. The van der Waals surface area contributed by atoms with Crippen LogP contribution in [0.1, 0.15) is 21.5 Å². The van der Waals surface area contributed by atoms with E-state index in [1.165, 1.54) is 0 Å². The van der Waals surface area contributed by atoms with E-state index in [2.05, 4.69) is 15.9 Å². The standard InChI is InChI=1S/C15H13BrO3/c1-10-5-6-13(16)8-14(10)19-9-11-3-2-4-12(7-11)15(17)18/h2-8H,9H2,1H3,(H,17,18). The Hall–Kier alpha value is -1.81. The summed E-state index contributed by atoms with van der Waals surface area (Å²) in [5.41, 5.74) is 2.14. The molecule has 0 saturated heterocycles. The SMILES string of the molecule is Cc1ccc(Br)cc1OCc1cccc(C(=O)O)c1. The molecule has 0 unspecified atom stereocenters. The van der Waals surface area contributed by atoms with Crippen LogP contribution >= 0.6 is 15.9 Å². The summed E-state index contributed by atoms with van der Waals surface area (Å²) >= 11 is 3.40. The Morgan fingerprint density at radius 3 is 2.79 bits per heavy atom. The minimum absolute atomic E-state index is 0.270. The lowest BCUT2D eigenvalue weighted by Crippen LogP contribution is -2.01. The van der Waals surface area contributed by atoms with E-state index in [4.69, 9.17) is 9.84 Å². The first kappa shape index (κ1) is 13.6. The summed E-state index contributed by atoms with van der Waals surface area (Å²) in [5, 5.41) is 8.93. The highest BCUT2D eigenvalue weighted by atomic mass is 79.9. The lowest BCUT2D eigenvalue weighted by Gasteiger charge is -2.10. The third kappa shape index (κ3) is 3.58. The predicted molar refractivity (Wildman–Crippen MR) is 76.6 cm³/mol. The van der Waals surface area contributed by atoms with Gasteiger partial charge in [-0.3, -0.25) is 0 Å². The maximum Gasteiger partial charge on any atom is 0.335 e. The highest BCUT2D eigenvalue weighted by Crippen LogP contribution is 2.23.